The summed E-state index contributed by atoms with van der Waals surface area (Å²) in [6.45, 7) is 8.84. The van der Waals surface area contributed by atoms with Gasteiger partial charge in [-0.05, 0) is 49.1 Å². The Morgan fingerprint density at radius 3 is 2.43 bits per heavy atom. The van der Waals surface area contributed by atoms with Crippen LogP contribution < -0.4 is 10.1 Å². The molecule has 1 N–H and O–H groups in total. The Bertz CT molecular complexity index is 837. The van der Waals surface area contributed by atoms with Crippen LogP contribution in [0.1, 0.15) is 38.3 Å². The van der Waals surface area contributed by atoms with E-state index in [0.29, 0.717) is 31.2 Å². The first-order chi connectivity index (χ1) is 14.3. The summed E-state index contributed by atoms with van der Waals surface area (Å²) in [5.41, 5.74) is 2.10. The molecule has 6 heteroatoms. The Hall–Kier alpha value is -2.34. The summed E-state index contributed by atoms with van der Waals surface area (Å²) < 4.78 is 6.63. The van der Waals surface area contributed by atoms with Crippen molar-refractivity contribution in [3.8, 4) is 5.75 Å². The first kappa shape index (κ1) is 23.9. The van der Waals surface area contributed by atoms with Crippen LogP contribution in [0.2, 0.25) is 0 Å². The number of carbonyl (C=O) groups excluding carboxylic acids is 2. The topological polar surface area (TPSA) is 58.6 Å². The molecule has 2 aromatic carbocycles. The van der Waals surface area contributed by atoms with Crippen molar-refractivity contribution in [1.29, 1.82) is 0 Å². The van der Waals surface area contributed by atoms with Crippen molar-refractivity contribution in [3.05, 3.63) is 64.1 Å². The molecule has 0 aromatic heterocycles. The van der Waals surface area contributed by atoms with Gasteiger partial charge in [0.25, 0.3) is 5.91 Å². The fraction of sp³-hybridized carbons (Fsp3) is 0.417. The second kappa shape index (κ2) is 11.7. The van der Waals surface area contributed by atoms with Gasteiger partial charge in [0.1, 0.15) is 11.8 Å². The average molecular weight is 475 g/mol. The largest absolute Gasteiger partial charge is 0.484 e. The van der Waals surface area contributed by atoms with Crippen molar-refractivity contribution in [2.24, 2.45) is 5.92 Å². The molecule has 2 rings (SSSR count). The molecule has 0 aliphatic rings. The maximum absolute atomic E-state index is 13.1. The molecule has 30 heavy (non-hydrogen) atoms. The second-order valence-corrected chi connectivity index (χ2v) is 8.73. The van der Waals surface area contributed by atoms with Crippen molar-refractivity contribution >= 4 is 27.7 Å². The van der Waals surface area contributed by atoms with Crippen molar-refractivity contribution in [2.45, 2.75) is 46.7 Å². The highest BCUT2D eigenvalue weighted by atomic mass is 79.9. The van der Waals surface area contributed by atoms with Crippen LogP contribution in [0.4, 0.5) is 0 Å². The summed E-state index contributed by atoms with van der Waals surface area (Å²) in [6.07, 6.45) is 0.528. The zero-order valence-corrected chi connectivity index (χ0v) is 19.7. The van der Waals surface area contributed by atoms with Gasteiger partial charge in [0.15, 0.2) is 6.61 Å². The summed E-state index contributed by atoms with van der Waals surface area (Å²) in [6, 6.07) is 14.8. The van der Waals surface area contributed by atoms with Gasteiger partial charge < -0.3 is 15.0 Å². The Morgan fingerprint density at radius 1 is 1.13 bits per heavy atom. The van der Waals surface area contributed by atoms with Crippen LogP contribution in [0.25, 0.3) is 0 Å². The van der Waals surface area contributed by atoms with Crippen molar-refractivity contribution in [1.82, 2.24) is 10.2 Å². The average Bonchev–Trinajstić information content (AvgIpc) is 2.71. The molecule has 0 spiro atoms. The predicted molar refractivity (Wildman–Crippen MR) is 123 cm³/mol. The smallest absolute Gasteiger partial charge is 0.261 e. The first-order valence-corrected chi connectivity index (χ1v) is 11.1. The minimum absolute atomic E-state index is 0.124. The van der Waals surface area contributed by atoms with Crippen molar-refractivity contribution in [2.75, 3.05) is 13.2 Å². The monoisotopic (exact) mass is 474 g/mol. The molecule has 0 bridgehead atoms. The first-order valence-electron chi connectivity index (χ1n) is 10.3. The number of aryl methyl sites for hydroxylation is 1. The van der Waals surface area contributed by atoms with Gasteiger partial charge in [0, 0.05) is 17.6 Å². The highest BCUT2D eigenvalue weighted by molar-refractivity contribution is 9.10. The van der Waals surface area contributed by atoms with Crippen LogP contribution in [-0.2, 0) is 16.1 Å². The van der Waals surface area contributed by atoms with Crippen LogP contribution in [-0.4, -0.2) is 35.9 Å². The summed E-state index contributed by atoms with van der Waals surface area (Å²) in [5, 5.41) is 2.97. The molecule has 0 radical (unpaired) electrons. The van der Waals surface area contributed by atoms with Gasteiger partial charge in [-0.25, -0.2) is 0 Å². The Balaban J connectivity index is 2.18. The molecule has 0 heterocycles. The van der Waals surface area contributed by atoms with Gasteiger partial charge in [-0.1, -0.05) is 66.5 Å². The lowest BCUT2D eigenvalue weighted by molar-refractivity contribution is -0.143. The third-order valence-electron chi connectivity index (χ3n) is 4.68. The van der Waals surface area contributed by atoms with Crippen LogP contribution in [0, 0.1) is 12.8 Å². The molecule has 0 aliphatic carbocycles. The third-order valence-corrected chi connectivity index (χ3v) is 5.21. The molecule has 1 atom stereocenters. The summed E-state index contributed by atoms with van der Waals surface area (Å²) in [7, 11) is 0. The fourth-order valence-electron chi connectivity index (χ4n) is 3.11. The molecule has 162 valence electrons. The molecule has 1 unspecified atom stereocenters. The predicted octanol–water partition coefficient (Wildman–Crippen LogP) is 4.72. The fourth-order valence-corrected chi connectivity index (χ4v) is 3.37. The molecule has 0 fully saturated rings. The molecule has 0 saturated heterocycles. The number of nitrogens with zero attached hydrogens (tertiary/aromatic N) is 1. The molecular weight excluding hydrogens is 444 g/mol. The summed E-state index contributed by atoms with van der Waals surface area (Å²) >= 11 is 3.39. The Kier molecular flexibility index (Phi) is 9.37. The molecule has 5 nitrogen and oxygen atoms in total. The zero-order valence-electron chi connectivity index (χ0n) is 18.2. The lowest BCUT2D eigenvalue weighted by Gasteiger charge is -2.31. The van der Waals surface area contributed by atoms with Crippen LogP contribution in [0.5, 0.6) is 5.75 Å². The van der Waals surface area contributed by atoms with Gasteiger partial charge in [0.05, 0.1) is 0 Å². The van der Waals surface area contributed by atoms with Gasteiger partial charge in [-0.2, -0.15) is 0 Å². The van der Waals surface area contributed by atoms with Gasteiger partial charge in [-0.3, -0.25) is 9.59 Å². The zero-order chi connectivity index (χ0) is 22.1. The maximum atomic E-state index is 13.1. The Labute approximate surface area is 187 Å². The van der Waals surface area contributed by atoms with Crippen molar-refractivity contribution in [3.63, 3.8) is 0 Å². The molecule has 0 saturated carbocycles. The number of benzene rings is 2. The SMILES string of the molecule is CCC(C(=O)NCC(C)C)N(Cc1cccc(C)c1)C(=O)COc1ccc(Br)cc1. The highest BCUT2D eigenvalue weighted by Gasteiger charge is 2.29. The lowest BCUT2D eigenvalue weighted by Crippen LogP contribution is -2.50. The Morgan fingerprint density at radius 2 is 1.83 bits per heavy atom. The van der Waals surface area contributed by atoms with E-state index in [0.717, 1.165) is 15.6 Å². The number of ether oxygens (including phenoxy) is 1. The van der Waals surface area contributed by atoms with E-state index in [4.69, 9.17) is 4.74 Å². The number of rotatable bonds is 10. The number of carbonyl (C=O) groups is 2. The number of amides is 2. The minimum Gasteiger partial charge on any atom is -0.484 e. The van der Waals surface area contributed by atoms with Crippen LogP contribution in [0.3, 0.4) is 0 Å². The summed E-state index contributed by atoms with van der Waals surface area (Å²) in [4.78, 5) is 27.6. The van der Waals surface area contributed by atoms with Gasteiger partial charge >= 0.3 is 0 Å². The van der Waals surface area contributed by atoms with E-state index >= 15 is 0 Å². The lowest BCUT2D eigenvalue weighted by atomic mass is 10.1. The summed E-state index contributed by atoms with van der Waals surface area (Å²) in [5.74, 6) is 0.606. The molecule has 0 aliphatic heterocycles. The molecular formula is C24H31BrN2O3. The van der Waals surface area contributed by atoms with E-state index in [1.54, 1.807) is 17.0 Å². The van der Waals surface area contributed by atoms with E-state index in [2.05, 4.69) is 21.2 Å². The van der Waals surface area contributed by atoms with E-state index < -0.39 is 6.04 Å². The van der Waals surface area contributed by atoms with E-state index in [-0.39, 0.29) is 18.4 Å². The second-order valence-electron chi connectivity index (χ2n) is 7.82. The number of hydrogen-bond acceptors (Lipinski definition) is 3. The van der Waals surface area contributed by atoms with E-state index in [9.17, 15) is 9.59 Å². The van der Waals surface area contributed by atoms with Crippen LogP contribution in [0.15, 0.2) is 53.0 Å². The van der Waals surface area contributed by atoms with E-state index in [1.807, 2.05) is 64.1 Å². The van der Waals surface area contributed by atoms with E-state index in [1.165, 1.54) is 0 Å². The molecule has 2 amide bonds. The normalized spacial score (nSPS) is 11.8. The van der Waals surface area contributed by atoms with Crippen molar-refractivity contribution < 1.29 is 14.3 Å². The quantitative estimate of drug-likeness (QED) is 0.541. The highest BCUT2D eigenvalue weighted by Crippen LogP contribution is 2.18. The standard InChI is InChI=1S/C24H31BrN2O3/c1-5-22(24(29)26-14-17(2)3)27(15-19-8-6-7-18(4)13-19)23(28)16-30-21-11-9-20(25)10-12-21/h6-13,17,22H,5,14-16H2,1-4H3,(H,26,29). The number of nitrogens with one attached hydrogen (secondary N) is 1. The minimum atomic E-state index is -0.551. The van der Waals surface area contributed by atoms with Gasteiger partial charge in [-0.15, -0.1) is 0 Å². The maximum Gasteiger partial charge on any atom is 0.261 e. The number of halogens is 1. The van der Waals surface area contributed by atoms with Crippen LogP contribution >= 0.6 is 15.9 Å². The third kappa shape index (κ3) is 7.48. The number of hydrogen-bond donors (Lipinski definition) is 1. The molecule has 2 aromatic rings. The van der Waals surface area contributed by atoms with Gasteiger partial charge in [0.2, 0.25) is 5.91 Å².